The van der Waals surface area contributed by atoms with Gasteiger partial charge in [0.05, 0.1) is 17.4 Å². The number of amides is 1. The number of nitrogens with two attached hydrogens (primary N) is 1. The van der Waals surface area contributed by atoms with Crippen LogP contribution in [-0.2, 0) is 4.79 Å². The number of H-pyrrole nitrogens is 1. The van der Waals surface area contributed by atoms with E-state index in [2.05, 4.69) is 15.2 Å². The molecule has 0 aliphatic carbocycles. The summed E-state index contributed by atoms with van der Waals surface area (Å²) in [6.45, 7) is 3.93. The van der Waals surface area contributed by atoms with Crippen LogP contribution in [0.2, 0.25) is 0 Å². The van der Waals surface area contributed by atoms with Crippen molar-refractivity contribution in [3.63, 3.8) is 0 Å². The van der Waals surface area contributed by atoms with E-state index in [0.717, 1.165) is 11.3 Å². The van der Waals surface area contributed by atoms with Crippen molar-refractivity contribution >= 4 is 17.7 Å². The molecule has 0 fully saturated rings. The van der Waals surface area contributed by atoms with Crippen LogP contribution in [0.25, 0.3) is 11.4 Å². The van der Waals surface area contributed by atoms with Crippen molar-refractivity contribution < 1.29 is 9.53 Å². The smallest absolute Gasteiger partial charge is 0.227 e. The Morgan fingerprint density at radius 1 is 1.45 bits per heavy atom. The van der Waals surface area contributed by atoms with Crippen LogP contribution in [0.4, 0.5) is 0 Å². The number of ether oxygens (including phenoxy) is 1. The molecule has 7 heteroatoms. The van der Waals surface area contributed by atoms with Crippen LogP contribution >= 0.6 is 11.8 Å². The molecule has 0 saturated heterocycles. The summed E-state index contributed by atoms with van der Waals surface area (Å²) in [6, 6.07) is 7.59. The molecule has 2 rings (SSSR count). The molecule has 106 valence electrons. The summed E-state index contributed by atoms with van der Waals surface area (Å²) >= 11 is 1.19. The zero-order valence-corrected chi connectivity index (χ0v) is 12.1. The van der Waals surface area contributed by atoms with E-state index < -0.39 is 5.91 Å². The van der Waals surface area contributed by atoms with Crippen LogP contribution in [0.15, 0.2) is 29.4 Å². The van der Waals surface area contributed by atoms with E-state index in [9.17, 15) is 4.79 Å². The summed E-state index contributed by atoms with van der Waals surface area (Å²) in [5.74, 6) is 1.10. The van der Waals surface area contributed by atoms with Gasteiger partial charge in [0.25, 0.3) is 0 Å². The van der Waals surface area contributed by atoms with Crippen LogP contribution in [0.3, 0.4) is 0 Å². The number of aromatic nitrogens is 3. The maximum absolute atomic E-state index is 10.7. The van der Waals surface area contributed by atoms with Crippen molar-refractivity contribution in [2.24, 2.45) is 5.73 Å². The molecule has 2 aromatic rings. The molecule has 0 bridgehead atoms. The van der Waals surface area contributed by atoms with Crippen molar-refractivity contribution in [3.05, 3.63) is 24.3 Å². The molecule has 0 spiro atoms. The second-order valence-corrected chi connectivity index (χ2v) is 5.33. The van der Waals surface area contributed by atoms with E-state index in [0.29, 0.717) is 11.0 Å². The lowest BCUT2D eigenvalue weighted by Crippen LogP contribution is -2.13. The van der Waals surface area contributed by atoms with Gasteiger partial charge in [-0.2, -0.15) is 0 Å². The second-order valence-electron chi connectivity index (χ2n) is 4.38. The molecule has 6 nitrogen and oxygen atoms in total. The first-order chi connectivity index (χ1) is 9.56. The van der Waals surface area contributed by atoms with Gasteiger partial charge in [-0.1, -0.05) is 23.9 Å². The average molecular weight is 292 g/mol. The van der Waals surface area contributed by atoms with E-state index in [-0.39, 0.29) is 11.9 Å². The van der Waals surface area contributed by atoms with Gasteiger partial charge in [0.1, 0.15) is 5.75 Å². The minimum Gasteiger partial charge on any atom is -0.490 e. The van der Waals surface area contributed by atoms with E-state index in [4.69, 9.17) is 10.5 Å². The number of rotatable bonds is 6. The van der Waals surface area contributed by atoms with Crippen molar-refractivity contribution in [1.82, 2.24) is 15.2 Å². The van der Waals surface area contributed by atoms with Crippen LogP contribution in [0, 0.1) is 0 Å². The lowest BCUT2D eigenvalue weighted by molar-refractivity contribution is -0.115. The van der Waals surface area contributed by atoms with Crippen molar-refractivity contribution in [2.45, 2.75) is 25.1 Å². The Morgan fingerprint density at radius 2 is 2.20 bits per heavy atom. The molecular formula is C13H16N4O2S. The fourth-order valence-electron chi connectivity index (χ4n) is 1.59. The summed E-state index contributed by atoms with van der Waals surface area (Å²) in [5.41, 5.74) is 5.92. The number of carbonyl (C=O) groups excluding carboxylic acids is 1. The Kier molecular flexibility index (Phi) is 4.62. The molecule has 0 radical (unpaired) electrons. The Labute approximate surface area is 121 Å². The number of nitrogens with zero attached hydrogens (tertiary/aromatic N) is 2. The monoisotopic (exact) mass is 292 g/mol. The fourth-order valence-corrected chi connectivity index (χ4v) is 2.12. The lowest BCUT2D eigenvalue weighted by Gasteiger charge is -2.12. The molecule has 20 heavy (non-hydrogen) atoms. The molecule has 1 aromatic heterocycles. The largest absolute Gasteiger partial charge is 0.490 e. The molecule has 0 atom stereocenters. The molecule has 0 aliphatic rings. The predicted octanol–water partition coefficient (Wildman–Crippen LogP) is 1.84. The number of primary amides is 1. The van der Waals surface area contributed by atoms with Gasteiger partial charge in [0, 0.05) is 0 Å². The molecule has 0 unspecified atom stereocenters. The van der Waals surface area contributed by atoms with E-state index in [1.54, 1.807) is 0 Å². The fraction of sp³-hybridized carbons (Fsp3) is 0.308. The van der Waals surface area contributed by atoms with E-state index >= 15 is 0 Å². The Balaban J connectivity index is 2.21. The van der Waals surface area contributed by atoms with Crippen LogP contribution < -0.4 is 10.5 Å². The zero-order chi connectivity index (χ0) is 14.5. The van der Waals surface area contributed by atoms with Gasteiger partial charge in [0.15, 0.2) is 5.82 Å². The average Bonchev–Trinajstić information content (AvgIpc) is 2.85. The van der Waals surface area contributed by atoms with E-state index in [1.165, 1.54) is 11.8 Å². The van der Waals surface area contributed by atoms with E-state index in [1.807, 2.05) is 38.1 Å². The first-order valence-corrected chi connectivity index (χ1v) is 7.14. The summed E-state index contributed by atoms with van der Waals surface area (Å²) in [6.07, 6.45) is 0.0720. The van der Waals surface area contributed by atoms with Crippen molar-refractivity contribution in [1.29, 1.82) is 0 Å². The number of benzene rings is 1. The third-order valence-electron chi connectivity index (χ3n) is 2.31. The van der Waals surface area contributed by atoms with Gasteiger partial charge < -0.3 is 10.5 Å². The maximum Gasteiger partial charge on any atom is 0.227 e. The zero-order valence-electron chi connectivity index (χ0n) is 11.3. The number of hydrogen-bond donors (Lipinski definition) is 2. The van der Waals surface area contributed by atoms with Gasteiger partial charge >= 0.3 is 0 Å². The Morgan fingerprint density at radius 3 is 2.90 bits per heavy atom. The molecule has 1 heterocycles. The molecule has 0 aliphatic heterocycles. The number of hydrogen-bond acceptors (Lipinski definition) is 5. The molecule has 1 aromatic carbocycles. The summed E-state index contributed by atoms with van der Waals surface area (Å²) in [4.78, 5) is 15.1. The minimum atomic E-state index is -0.398. The first-order valence-electron chi connectivity index (χ1n) is 6.16. The second kappa shape index (κ2) is 6.42. The Bertz CT molecular complexity index is 598. The summed E-state index contributed by atoms with van der Waals surface area (Å²) < 4.78 is 5.74. The Hall–Kier alpha value is -2.02. The highest BCUT2D eigenvalue weighted by Crippen LogP contribution is 2.28. The number of aromatic amines is 1. The number of para-hydroxylation sites is 1. The lowest BCUT2D eigenvalue weighted by atomic mass is 10.2. The van der Waals surface area contributed by atoms with Gasteiger partial charge in [-0.15, -0.1) is 5.10 Å². The standard InChI is InChI=1S/C13H16N4O2S/c1-8(2)19-10-6-4-3-5-9(10)12-15-13(17-16-12)20-7-11(14)18/h3-6,8H,7H2,1-2H3,(H2,14,18)(H,15,16,17). The van der Waals surface area contributed by atoms with Crippen LogP contribution in [-0.4, -0.2) is 32.9 Å². The van der Waals surface area contributed by atoms with Gasteiger partial charge in [-0.3, -0.25) is 9.89 Å². The molecule has 1 amide bonds. The van der Waals surface area contributed by atoms with Crippen molar-refractivity contribution in [2.75, 3.05) is 5.75 Å². The quantitative estimate of drug-likeness (QED) is 0.792. The summed E-state index contributed by atoms with van der Waals surface area (Å²) in [5, 5.41) is 7.38. The normalized spacial score (nSPS) is 10.8. The predicted molar refractivity (Wildman–Crippen MR) is 77.5 cm³/mol. The summed E-state index contributed by atoms with van der Waals surface area (Å²) in [7, 11) is 0. The van der Waals surface area contributed by atoms with Gasteiger partial charge in [-0.25, -0.2) is 4.98 Å². The maximum atomic E-state index is 10.7. The highest BCUT2D eigenvalue weighted by molar-refractivity contribution is 7.99. The molecular weight excluding hydrogens is 276 g/mol. The molecule has 3 N–H and O–H groups in total. The highest BCUT2D eigenvalue weighted by atomic mass is 32.2. The van der Waals surface area contributed by atoms with Crippen LogP contribution in [0.1, 0.15) is 13.8 Å². The number of thioether (sulfide) groups is 1. The number of nitrogens with one attached hydrogen (secondary N) is 1. The van der Waals surface area contributed by atoms with Gasteiger partial charge in [-0.05, 0) is 26.0 Å². The van der Waals surface area contributed by atoms with Crippen molar-refractivity contribution in [3.8, 4) is 17.1 Å². The SMILES string of the molecule is CC(C)Oc1ccccc1-c1nc(SCC(N)=O)n[nH]1. The topological polar surface area (TPSA) is 93.9 Å². The van der Waals surface area contributed by atoms with Gasteiger partial charge in [0.2, 0.25) is 11.1 Å². The highest BCUT2D eigenvalue weighted by Gasteiger charge is 2.12. The number of carbonyl (C=O) groups is 1. The van der Waals surface area contributed by atoms with Crippen LogP contribution in [0.5, 0.6) is 5.75 Å². The first kappa shape index (κ1) is 14.4. The molecule has 0 saturated carbocycles. The third-order valence-corrected chi connectivity index (χ3v) is 3.18. The minimum absolute atomic E-state index is 0.0720. The third kappa shape index (κ3) is 3.74.